The third kappa shape index (κ3) is 2.17. The predicted octanol–water partition coefficient (Wildman–Crippen LogP) is 2.62. The lowest BCUT2D eigenvalue weighted by molar-refractivity contribution is 0.789. The van der Waals surface area contributed by atoms with Crippen LogP contribution in [0.2, 0.25) is 0 Å². The average Bonchev–Trinajstić information content (AvgIpc) is 3.02. The predicted molar refractivity (Wildman–Crippen MR) is 71.0 cm³/mol. The van der Waals surface area contributed by atoms with E-state index in [1.807, 2.05) is 6.20 Å². The van der Waals surface area contributed by atoms with Crippen LogP contribution >= 0.6 is 11.3 Å². The zero-order valence-corrected chi connectivity index (χ0v) is 10.8. The molecule has 0 atom stereocenters. The van der Waals surface area contributed by atoms with E-state index in [0.717, 1.165) is 17.7 Å². The number of thiophene rings is 1. The Morgan fingerprint density at radius 3 is 2.78 bits per heavy atom. The Hall–Kier alpha value is -2.01. The molecule has 3 heterocycles. The Morgan fingerprint density at radius 1 is 1.22 bits per heavy atom. The van der Waals surface area contributed by atoms with Gasteiger partial charge in [0.1, 0.15) is 0 Å². The minimum atomic E-state index is 0.609. The van der Waals surface area contributed by atoms with E-state index < -0.39 is 0 Å². The van der Waals surface area contributed by atoms with Crippen LogP contribution in [0.3, 0.4) is 0 Å². The molecule has 5 heteroatoms. The normalized spacial score (nSPS) is 10.7. The molecule has 0 aliphatic heterocycles. The molecule has 3 aromatic heterocycles. The quantitative estimate of drug-likeness (QED) is 0.723. The van der Waals surface area contributed by atoms with Crippen molar-refractivity contribution in [3.63, 3.8) is 0 Å². The maximum Gasteiger partial charge on any atom is 0.250 e. The average molecular weight is 256 g/mol. The summed E-state index contributed by atoms with van der Waals surface area (Å²) in [6, 6.07) is 5.99. The fourth-order valence-electron chi connectivity index (χ4n) is 1.76. The van der Waals surface area contributed by atoms with E-state index in [2.05, 4.69) is 39.5 Å². The number of hydrogen-bond acceptors (Lipinski definition) is 4. The molecule has 18 heavy (non-hydrogen) atoms. The summed E-state index contributed by atoms with van der Waals surface area (Å²) in [5, 5.41) is 6.64. The molecule has 90 valence electrons. The summed E-state index contributed by atoms with van der Waals surface area (Å²) in [4.78, 5) is 9.70. The Labute approximate surface area is 109 Å². The lowest BCUT2D eigenvalue weighted by Crippen LogP contribution is -2.01. The summed E-state index contributed by atoms with van der Waals surface area (Å²) in [6.07, 6.45) is 6.28. The first-order valence-electron chi connectivity index (χ1n) is 5.68. The number of nitrogens with zero attached hydrogens (tertiary/aromatic N) is 4. The van der Waals surface area contributed by atoms with Gasteiger partial charge in [0.25, 0.3) is 0 Å². The van der Waals surface area contributed by atoms with Crippen LogP contribution < -0.4 is 0 Å². The minimum Gasteiger partial charge on any atom is -0.220 e. The first-order valence-corrected chi connectivity index (χ1v) is 6.56. The molecule has 0 aliphatic carbocycles. The third-order valence-electron chi connectivity index (χ3n) is 2.68. The summed E-state index contributed by atoms with van der Waals surface area (Å²) in [5.74, 6) is 0.609. The van der Waals surface area contributed by atoms with E-state index in [4.69, 9.17) is 0 Å². The van der Waals surface area contributed by atoms with E-state index >= 15 is 0 Å². The smallest absolute Gasteiger partial charge is 0.220 e. The van der Waals surface area contributed by atoms with E-state index in [9.17, 15) is 0 Å². The van der Waals surface area contributed by atoms with E-state index in [1.54, 1.807) is 34.5 Å². The summed E-state index contributed by atoms with van der Waals surface area (Å²) in [6.45, 7) is 2.06. The third-order valence-corrected chi connectivity index (χ3v) is 3.55. The molecule has 3 rings (SSSR count). The largest absolute Gasteiger partial charge is 0.250 e. The van der Waals surface area contributed by atoms with Crippen molar-refractivity contribution >= 4 is 11.3 Å². The van der Waals surface area contributed by atoms with Crippen LogP contribution in [0.15, 0.2) is 42.2 Å². The maximum atomic E-state index is 4.55. The molecule has 3 aromatic rings. The van der Waals surface area contributed by atoms with Crippen molar-refractivity contribution in [1.82, 2.24) is 19.7 Å². The van der Waals surface area contributed by atoms with Crippen LogP contribution in [0.25, 0.3) is 5.95 Å². The highest BCUT2D eigenvalue weighted by molar-refractivity contribution is 7.09. The Balaban J connectivity index is 1.91. The van der Waals surface area contributed by atoms with Crippen molar-refractivity contribution in [1.29, 1.82) is 0 Å². The summed E-state index contributed by atoms with van der Waals surface area (Å²) in [5.41, 5.74) is 2.24. The molecule has 0 aromatic carbocycles. The van der Waals surface area contributed by atoms with Gasteiger partial charge in [0.05, 0.1) is 5.69 Å². The van der Waals surface area contributed by atoms with Crippen molar-refractivity contribution < 1.29 is 0 Å². The first kappa shape index (κ1) is 11.1. The van der Waals surface area contributed by atoms with Crippen LogP contribution in [0.4, 0.5) is 0 Å². The highest BCUT2D eigenvalue weighted by atomic mass is 32.1. The molecule has 0 N–H and O–H groups in total. The van der Waals surface area contributed by atoms with Crippen LogP contribution in [-0.4, -0.2) is 19.7 Å². The topological polar surface area (TPSA) is 43.6 Å². The molecule has 4 nitrogen and oxygen atoms in total. The van der Waals surface area contributed by atoms with Gasteiger partial charge in [0.2, 0.25) is 5.95 Å². The molecule has 0 fully saturated rings. The SMILES string of the molecule is Cc1cn(-c2ncccn2)nc1Cc1cccs1. The molecule has 0 saturated heterocycles. The van der Waals surface area contributed by atoms with Gasteiger partial charge in [-0.1, -0.05) is 6.07 Å². The Bertz CT molecular complexity index is 628. The van der Waals surface area contributed by atoms with Crippen LogP contribution in [0.1, 0.15) is 16.1 Å². The van der Waals surface area contributed by atoms with Gasteiger partial charge in [-0.25, -0.2) is 14.6 Å². The van der Waals surface area contributed by atoms with Gasteiger partial charge in [-0.05, 0) is 30.0 Å². The number of rotatable bonds is 3. The molecule has 0 amide bonds. The van der Waals surface area contributed by atoms with Gasteiger partial charge in [-0.3, -0.25) is 0 Å². The molecule has 0 aliphatic rings. The molecular formula is C13H12N4S. The molecule has 0 saturated carbocycles. The van der Waals surface area contributed by atoms with Crippen LogP contribution in [-0.2, 0) is 6.42 Å². The van der Waals surface area contributed by atoms with Crippen molar-refractivity contribution in [2.45, 2.75) is 13.3 Å². The van der Waals surface area contributed by atoms with Crippen molar-refractivity contribution in [2.75, 3.05) is 0 Å². The van der Waals surface area contributed by atoms with Crippen molar-refractivity contribution in [3.05, 3.63) is 58.3 Å². The van der Waals surface area contributed by atoms with Gasteiger partial charge in [0, 0.05) is 29.9 Å². The Morgan fingerprint density at radius 2 is 2.06 bits per heavy atom. The van der Waals surface area contributed by atoms with Gasteiger partial charge in [-0.15, -0.1) is 11.3 Å². The highest BCUT2D eigenvalue weighted by Gasteiger charge is 2.09. The van der Waals surface area contributed by atoms with Gasteiger partial charge in [-0.2, -0.15) is 5.10 Å². The summed E-state index contributed by atoms with van der Waals surface area (Å²) in [7, 11) is 0. The molecule has 0 unspecified atom stereocenters. The monoisotopic (exact) mass is 256 g/mol. The maximum absolute atomic E-state index is 4.55. The first-order chi connectivity index (χ1) is 8.83. The lowest BCUT2D eigenvalue weighted by atomic mass is 10.2. The Kier molecular flexibility index (Phi) is 2.90. The fourth-order valence-corrected chi connectivity index (χ4v) is 2.47. The molecular weight excluding hydrogens is 244 g/mol. The van der Waals surface area contributed by atoms with Gasteiger partial charge >= 0.3 is 0 Å². The number of aryl methyl sites for hydroxylation is 1. The van der Waals surface area contributed by atoms with Crippen molar-refractivity contribution in [2.24, 2.45) is 0 Å². The van der Waals surface area contributed by atoms with E-state index in [1.165, 1.54) is 4.88 Å². The van der Waals surface area contributed by atoms with Crippen LogP contribution in [0, 0.1) is 6.92 Å². The molecule has 0 bridgehead atoms. The van der Waals surface area contributed by atoms with E-state index in [-0.39, 0.29) is 0 Å². The molecule has 0 spiro atoms. The summed E-state index contributed by atoms with van der Waals surface area (Å²) < 4.78 is 1.73. The fraction of sp³-hybridized carbons (Fsp3) is 0.154. The second-order valence-electron chi connectivity index (χ2n) is 4.01. The second-order valence-corrected chi connectivity index (χ2v) is 5.04. The molecule has 0 radical (unpaired) electrons. The minimum absolute atomic E-state index is 0.609. The zero-order valence-electron chi connectivity index (χ0n) is 9.95. The van der Waals surface area contributed by atoms with E-state index in [0.29, 0.717) is 5.95 Å². The second kappa shape index (κ2) is 4.70. The number of aromatic nitrogens is 4. The lowest BCUT2D eigenvalue weighted by Gasteiger charge is -1.97. The summed E-state index contributed by atoms with van der Waals surface area (Å²) >= 11 is 1.75. The van der Waals surface area contributed by atoms with Gasteiger partial charge in [0.15, 0.2) is 0 Å². The highest BCUT2D eigenvalue weighted by Crippen LogP contribution is 2.17. The van der Waals surface area contributed by atoms with Gasteiger partial charge < -0.3 is 0 Å². The van der Waals surface area contributed by atoms with Crippen LogP contribution in [0.5, 0.6) is 0 Å². The van der Waals surface area contributed by atoms with Crippen molar-refractivity contribution in [3.8, 4) is 5.95 Å². The number of hydrogen-bond donors (Lipinski definition) is 0. The standard InChI is InChI=1S/C13H12N4S/c1-10-9-17(13-14-5-3-6-15-13)16-12(10)8-11-4-2-7-18-11/h2-7,9H,8H2,1H3. The zero-order chi connectivity index (χ0) is 12.4.